The van der Waals surface area contributed by atoms with Gasteiger partial charge >= 0.3 is 5.97 Å². The predicted octanol–water partition coefficient (Wildman–Crippen LogP) is 0.636. The molecular weight excluding hydrogens is 198 g/mol. The Morgan fingerprint density at radius 3 is 2.20 bits per heavy atom. The maximum atomic E-state index is 11.4. The summed E-state index contributed by atoms with van der Waals surface area (Å²) in [5.74, 6) is -1.53. The van der Waals surface area contributed by atoms with Gasteiger partial charge in [0.25, 0.3) is 0 Å². The molecule has 1 rings (SSSR count). The average Bonchev–Trinajstić information content (AvgIpc) is 2.11. The van der Waals surface area contributed by atoms with E-state index in [2.05, 4.69) is 0 Å². The number of nitrogens with zero attached hydrogens (tertiary/aromatic N) is 1. The number of carboxylic acid groups (broad SMARTS) is 1. The van der Waals surface area contributed by atoms with Crippen molar-refractivity contribution in [3.05, 3.63) is 0 Å². The number of carbonyl (C=O) groups excluding carboxylic acids is 2. The van der Waals surface area contributed by atoms with Crippen molar-refractivity contribution in [3.63, 3.8) is 0 Å². The van der Waals surface area contributed by atoms with Crippen LogP contribution in [0, 0.1) is 5.41 Å². The highest BCUT2D eigenvalue weighted by molar-refractivity contribution is 5.98. The lowest BCUT2D eigenvalue weighted by atomic mass is 9.92. The van der Waals surface area contributed by atoms with Crippen molar-refractivity contribution in [2.75, 3.05) is 6.54 Å². The molecule has 0 radical (unpaired) electrons. The van der Waals surface area contributed by atoms with Crippen LogP contribution in [0.15, 0.2) is 0 Å². The minimum atomic E-state index is -1.08. The summed E-state index contributed by atoms with van der Waals surface area (Å²) in [7, 11) is 0. The first-order chi connectivity index (χ1) is 6.84. The van der Waals surface area contributed by atoms with Crippen molar-refractivity contribution in [3.8, 4) is 0 Å². The molecule has 1 fully saturated rings. The third-order valence-electron chi connectivity index (χ3n) is 2.52. The highest BCUT2D eigenvalue weighted by Gasteiger charge is 2.35. The molecule has 1 N–H and O–H groups in total. The Morgan fingerprint density at radius 2 is 1.80 bits per heavy atom. The van der Waals surface area contributed by atoms with E-state index in [4.69, 9.17) is 5.11 Å². The van der Waals surface area contributed by atoms with Crippen molar-refractivity contribution in [1.82, 2.24) is 4.90 Å². The van der Waals surface area contributed by atoms with Crippen LogP contribution < -0.4 is 0 Å². The van der Waals surface area contributed by atoms with Crippen molar-refractivity contribution in [2.45, 2.75) is 33.1 Å². The molecule has 0 atom stereocenters. The van der Waals surface area contributed by atoms with Crippen LogP contribution in [-0.2, 0) is 14.4 Å². The minimum absolute atomic E-state index is 0.0417. The second kappa shape index (κ2) is 4.00. The van der Waals surface area contributed by atoms with E-state index in [0.29, 0.717) is 19.3 Å². The predicted molar refractivity (Wildman–Crippen MR) is 52.0 cm³/mol. The van der Waals surface area contributed by atoms with Gasteiger partial charge in [-0.2, -0.15) is 0 Å². The van der Waals surface area contributed by atoms with Gasteiger partial charge in [0.15, 0.2) is 0 Å². The lowest BCUT2D eigenvalue weighted by Crippen LogP contribution is -2.47. The number of aliphatic carboxylic acids is 1. The molecule has 0 aromatic heterocycles. The summed E-state index contributed by atoms with van der Waals surface area (Å²) in [6, 6.07) is 0. The zero-order valence-corrected chi connectivity index (χ0v) is 8.95. The molecule has 0 unspecified atom stereocenters. The van der Waals surface area contributed by atoms with E-state index in [1.54, 1.807) is 0 Å². The SMILES string of the molecule is CC(C)(CN1C(=O)CCCC1=O)C(=O)O. The molecule has 2 amide bonds. The third-order valence-corrected chi connectivity index (χ3v) is 2.52. The summed E-state index contributed by atoms with van der Waals surface area (Å²) >= 11 is 0. The highest BCUT2D eigenvalue weighted by atomic mass is 16.4. The maximum absolute atomic E-state index is 11.4. The van der Waals surface area contributed by atoms with Crippen LogP contribution in [0.25, 0.3) is 0 Å². The lowest BCUT2D eigenvalue weighted by Gasteiger charge is -2.30. The van der Waals surface area contributed by atoms with Crippen LogP contribution in [0.5, 0.6) is 0 Å². The number of carbonyl (C=O) groups is 3. The Hall–Kier alpha value is -1.39. The van der Waals surface area contributed by atoms with E-state index < -0.39 is 11.4 Å². The van der Waals surface area contributed by atoms with Gasteiger partial charge in [0.05, 0.1) is 5.41 Å². The largest absolute Gasteiger partial charge is 0.481 e. The summed E-state index contributed by atoms with van der Waals surface area (Å²) in [5.41, 5.74) is -1.08. The number of hydrogen-bond acceptors (Lipinski definition) is 3. The number of amides is 2. The van der Waals surface area contributed by atoms with Gasteiger partial charge in [0.1, 0.15) is 0 Å². The monoisotopic (exact) mass is 213 g/mol. The molecule has 5 nitrogen and oxygen atoms in total. The van der Waals surface area contributed by atoms with Crippen LogP contribution in [-0.4, -0.2) is 34.3 Å². The summed E-state index contributed by atoms with van der Waals surface area (Å²) in [4.78, 5) is 34.8. The van der Waals surface area contributed by atoms with E-state index in [1.807, 2.05) is 0 Å². The van der Waals surface area contributed by atoms with Gasteiger partial charge in [-0.25, -0.2) is 0 Å². The summed E-state index contributed by atoms with van der Waals surface area (Å²) in [6.07, 6.45) is 1.24. The van der Waals surface area contributed by atoms with E-state index >= 15 is 0 Å². The molecule has 5 heteroatoms. The van der Waals surface area contributed by atoms with Gasteiger partial charge in [-0.05, 0) is 20.3 Å². The third kappa shape index (κ3) is 2.55. The van der Waals surface area contributed by atoms with Gasteiger partial charge in [0.2, 0.25) is 11.8 Å². The van der Waals surface area contributed by atoms with Crippen LogP contribution in [0.1, 0.15) is 33.1 Å². The molecule has 1 aliphatic heterocycles. The van der Waals surface area contributed by atoms with E-state index in [1.165, 1.54) is 13.8 Å². The molecule has 0 saturated carbocycles. The summed E-state index contributed by atoms with van der Waals surface area (Å²) in [5, 5.41) is 8.90. The van der Waals surface area contributed by atoms with E-state index in [9.17, 15) is 14.4 Å². The van der Waals surface area contributed by atoms with Crippen molar-refractivity contribution < 1.29 is 19.5 Å². The number of imide groups is 1. The van der Waals surface area contributed by atoms with Crippen molar-refractivity contribution in [1.29, 1.82) is 0 Å². The Bertz CT molecular complexity index is 293. The van der Waals surface area contributed by atoms with Crippen LogP contribution >= 0.6 is 0 Å². The van der Waals surface area contributed by atoms with Crippen LogP contribution in [0.4, 0.5) is 0 Å². The van der Waals surface area contributed by atoms with E-state index in [0.717, 1.165) is 4.90 Å². The fourth-order valence-corrected chi connectivity index (χ4v) is 1.44. The second-order valence-electron chi connectivity index (χ2n) is 4.42. The fraction of sp³-hybridized carbons (Fsp3) is 0.700. The smallest absolute Gasteiger partial charge is 0.310 e. The molecule has 84 valence electrons. The van der Waals surface area contributed by atoms with Gasteiger partial charge in [0, 0.05) is 19.4 Å². The van der Waals surface area contributed by atoms with Gasteiger partial charge in [-0.1, -0.05) is 0 Å². The first-order valence-electron chi connectivity index (χ1n) is 4.91. The Labute approximate surface area is 88.1 Å². The molecule has 0 aliphatic carbocycles. The molecule has 0 spiro atoms. The zero-order chi connectivity index (χ0) is 11.6. The normalized spacial score (nSPS) is 18.1. The molecule has 0 aromatic carbocycles. The van der Waals surface area contributed by atoms with Gasteiger partial charge in [-0.3, -0.25) is 19.3 Å². The Kier molecular flexibility index (Phi) is 3.12. The van der Waals surface area contributed by atoms with E-state index in [-0.39, 0.29) is 18.4 Å². The number of hydrogen-bond donors (Lipinski definition) is 1. The molecule has 15 heavy (non-hydrogen) atoms. The highest BCUT2D eigenvalue weighted by Crippen LogP contribution is 2.21. The van der Waals surface area contributed by atoms with Crippen molar-refractivity contribution >= 4 is 17.8 Å². The molecule has 0 aromatic rings. The lowest BCUT2D eigenvalue weighted by molar-refractivity contribution is -0.154. The molecular formula is C10H15NO4. The Morgan fingerprint density at radius 1 is 1.33 bits per heavy atom. The summed E-state index contributed by atoms with van der Waals surface area (Å²) < 4.78 is 0. The summed E-state index contributed by atoms with van der Waals surface area (Å²) in [6.45, 7) is 2.97. The van der Waals surface area contributed by atoms with Crippen LogP contribution in [0.3, 0.4) is 0 Å². The number of carboxylic acids is 1. The minimum Gasteiger partial charge on any atom is -0.481 e. The zero-order valence-electron chi connectivity index (χ0n) is 8.95. The molecule has 1 saturated heterocycles. The fourth-order valence-electron chi connectivity index (χ4n) is 1.44. The number of likely N-dealkylation sites (tertiary alicyclic amines) is 1. The first kappa shape index (κ1) is 11.7. The molecule has 0 bridgehead atoms. The topological polar surface area (TPSA) is 74.7 Å². The number of rotatable bonds is 3. The molecule has 1 heterocycles. The average molecular weight is 213 g/mol. The first-order valence-corrected chi connectivity index (χ1v) is 4.91. The van der Waals surface area contributed by atoms with Crippen LogP contribution in [0.2, 0.25) is 0 Å². The number of piperidine rings is 1. The quantitative estimate of drug-likeness (QED) is 0.698. The second-order valence-corrected chi connectivity index (χ2v) is 4.42. The maximum Gasteiger partial charge on any atom is 0.310 e. The van der Waals surface area contributed by atoms with Crippen molar-refractivity contribution in [2.24, 2.45) is 5.41 Å². The van der Waals surface area contributed by atoms with Gasteiger partial charge in [-0.15, -0.1) is 0 Å². The molecule has 1 aliphatic rings. The standard InChI is InChI=1S/C10H15NO4/c1-10(2,9(14)15)6-11-7(12)4-3-5-8(11)13/h3-6H2,1-2H3,(H,14,15). The van der Waals surface area contributed by atoms with Gasteiger partial charge < -0.3 is 5.11 Å². The Balaban J connectivity index is 2.75.